The van der Waals surface area contributed by atoms with Crippen molar-refractivity contribution in [3.63, 3.8) is 0 Å². The topological polar surface area (TPSA) is 145 Å². The maximum atomic E-state index is 13.4. The highest BCUT2D eigenvalue weighted by Crippen LogP contribution is 2.36. The Kier molecular flexibility index (Phi) is 8.75. The van der Waals surface area contributed by atoms with E-state index in [-0.39, 0.29) is 22.9 Å². The van der Waals surface area contributed by atoms with Crippen molar-refractivity contribution in [2.24, 2.45) is 0 Å². The molecule has 3 aromatic rings. The number of hydrogen-bond acceptors (Lipinski definition) is 8. The van der Waals surface area contributed by atoms with Crippen LogP contribution in [0.1, 0.15) is 30.5 Å². The lowest BCUT2D eigenvalue weighted by Gasteiger charge is -2.36. The molecule has 0 unspecified atom stereocenters. The van der Waals surface area contributed by atoms with Crippen molar-refractivity contribution in [3.05, 3.63) is 93.8 Å². The molecule has 1 heterocycles. The van der Waals surface area contributed by atoms with Crippen LogP contribution in [-0.2, 0) is 30.8 Å². The summed E-state index contributed by atoms with van der Waals surface area (Å²) in [5.41, 5.74) is 0.982. The summed E-state index contributed by atoms with van der Waals surface area (Å²) < 4.78 is 51.9. The van der Waals surface area contributed by atoms with Crippen LogP contribution in [0.4, 0.5) is 15.8 Å². The summed E-state index contributed by atoms with van der Waals surface area (Å²) in [5.74, 6) is -2.00. The number of sulfonamides is 1. The quantitative estimate of drug-likeness (QED) is 0.218. The van der Waals surface area contributed by atoms with Gasteiger partial charge in [0.1, 0.15) is 17.3 Å². The molecule has 0 fully saturated rings. The number of rotatable bonds is 10. The molecule has 13 heteroatoms. The maximum absolute atomic E-state index is 13.4. The van der Waals surface area contributed by atoms with Crippen LogP contribution in [0.15, 0.2) is 71.6 Å². The van der Waals surface area contributed by atoms with E-state index in [0.717, 1.165) is 29.8 Å². The molecule has 0 aromatic heterocycles. The number of nitrogens with one attached hydrogen (secondary N) is 1. The zero-order valence-corrected chi connectivity index (χ0v) is 22.2. The van der Waals surface area contributed by atoms with Gasteiger partial charge in [0.25, 0.3) is 11.6 Å². The van der Waals surface area contributed by atoms with E-state index in [1.807, 2.05) is 12.1 Å². The number of ether oxygens (including phenoxy) is 2. The lowest BCUT2D eigenvalue weighted by Crippen LogP contribution is -2.41. The highest BCUT2D eigenvalue weighted by molar-refractivity contribution is 7.89. The maximum Gasteiger partial charge on any atom is 0.308 e. The van der Waals surface area contributed by atoms with Crippen LogP contribution in [0.2, 0.25) is 0 Å². The molecule has 1 atom stereocenters. The lowest BCUT2D eigenvalue weighted by molar-refractivity contribution is -0.384. The number of esters is 1. The fourth-order valence-corrected chi connectivity index (χ4v) is 6.05. The molecule has 11 nitrogen and oxygen atoms in total. The highest BCUT2D eigenvalue weighted by atomic mass is 32.2. The summed E-state index contributed by atoms with van der Waals surface area (Å²) in [6, 6.07) is 14.5. The Labute approximate surface area is 229 Å². The minimum Gasteiger partial charge on any atom is -0.494 e. The summed E-state index contributed by atoms with van der Waals surface area (Å²) in [6.07, 6.45) is 0.0132. The van der Waals surface area contributed by atoms with Gasteiger partial charge in [-0.05, 0) is 60.9 Å². The van der Waals surface area contributed by atoms with Gasteiger partial charge in [0.15, 0.2) is 6.61 Å². The molecule has 3 aromatic carbocycles. The first-order valence-corrected chi connectivity index (χ1v) is 13.8. The molecular weight excluding hydrogens is 545 g/mol. The predicted octanol–water partition coefficient (Wildman–Crippen LogP) is 3.99. The van der Waals surface area contributed by atoms with Gasteiger partial charge in [0.2, 0.25) is 10.0 Å². The molecule has 1 N–H and O–H groups in total. The molecular formula is C27H26FN3O8S. The third-order valence-corrected chi connectivity index (χ3v) is 8.18. The molecule has 1 amide bonds. The van der Waals surface area contributed by atoms with E-state index in [4.69, 9.17) is 9.47 Å². The first-order valence-electron chi connectivity index (χ1n) is 12.3. The van der Waals surface area contributed by atoms with E-state index >= 15 is 0 Å². The molecule has 4 rings (SSSR count). The largest absolute Gasteiger partial charge is 0.494 e. The van der Waals surface area contributed by atoms with Crippen LogP contribution in [0.3, 0.4) is 0 Å². The lowest BCUT2D eigenvalue weighted by atomic mass is 9.92. The van der Waals surface area contributed by atoms with E-state index in [0.29, 0.717) is 18.6 Å². The van der Waals surface area contributed by atoms with Gasteiger partial charge < -0.3 is 14.8 Å². The minimum atomic E-state index is -4.10. The smallest absolute Gasteiger partial charge is 0.308 e. The van der Waals surface area contributed by atoms with Gasteiger partial charge in [-0.3, -0.25) is 19.7 Å². The Bertz CT molecular complexity index is 1530. The molecule has 40 heavy (non-hydrogen) atoms. The zero-order valence-electron chi connectivity index (χ0n) is 21.4. The van der Waals surface area contributed by atoms with Gasteiger partial charge in [-0.15, -0.1) is 0 Å². The van der Waals surface area contributed by atoms with Crippen LogP contribution < -0.4 is 10.1 Å². The molecule has 0 saturated carbocycles. The summed E-state index contributed by atoms with van der Waals surface area (Å²) in [7, 11) is -4.10. The molecule has 1 aliphatic heterocycles. The van der Waals surface area contributed by atoms with Crippen molar-refractivity contribution in [2.75, 3.05) is 25.1 Å². The number of nitro groups is 1. The molecule has 0 aliphatic carbocycles. The summed E-state index contributed by atoms with van der Waals surface area (Å²) >= 11 is 0. The summed E-state index contributed by atoms with van der Waals surface area (Å²) in [4.78, 5) is 35.9. The van der Waals surface area contributed by atoms with Crippen LogP contribution in [0, 0.1) is 15.9 Å². The number of nitro benzene ring substituents is 1. The first kappa shape index (κ1) is 28.6. The fraction of sp³-hybridized carbons (Fsp3) is 0.259. The summed E-state index contributed by atoms with van der Waals surface area (Å²) in [6.45, 7) is 1.35. The predicted molar refractivity (Wildman–Crippen MR) is 142 cm³/mol. The van der Waals surface area contributed by atoms with Crippen molar-refractivity contribution >= 4 is 33.3 Å². The van der Waals surface area contributed by atoms with E-state index < -0.39 is 57.4 Å². The Hall–Kier alpha value is -4.36. The third kappa shape index (κ3) is 6.43. The molecule has 0 radical (unpaired) electrons. The second-order valence-electron chi connectivity index (χ2n) is 8.82. The number of carbonyl (C=O) groups is 2. The Morgan fingerprint density at radius 3 is 2.55 bits per heavy atom. The van der Waals surface area contributed by atoms with Gasteiger partial charge >= 0.3 is 5.97 Å². The van der Waals surface area contributed by atoms with Gasteiger partial charge in [0, 0.05) is 6.54 Å². The molecule has 0 spiro atoms. The van der Waals surface area contributed by atoms with Gasteiger partial charge in [-0.2, -0.15) is 4.31 Å². The normalized spacial score (nSPS) is 15.1. The number of halogens is 1. The standard InChI is InChI=1S/C27H26FN3O8S/c1-2-38-20-9-12-23(25(15-20)31(34)35)29-26(32)17-39-27(33)16-24-22-6-4-3-5-18(22)13-14-30(24)40(36,37)21-10-7-19(28)8-11-21/h3-12,15,24H,2,13-14,16-17H2,1H3,(H,29,32)/t24-/m0/s1. The van der Waals surface area contributed by atoms with Gasteiger partial charge in [-0.1, -0.05) is 24.3 Å². The second-order valence-corrected chi connectivity index (χ2v) is 10.7. The molecule has 210 valence electrons. The van der Waals surface area contributed by atoms with Crippen molar-refractivity contribution in [3.8, 4) is 5.75 Å². The molecule has 0 saturated heterocycles. The molecule has 0 bridgehead atoms. The Morgan fingerprint density at radius 2 is 1.85 bits per heavy atom. The number of nitrogens with zero attached hydrogens (tertiary/aromatic N) is 2. The Balaban J connectivity index is 1.48. The molecule has 1 aliphatic rings. The third-order valence-electron chi connectivity index (χ3n) is 6.26. The first-order chi connectivity index (χ1) is 19.1. The van der Waals surface area contributed by atoms with Crippen molar-refractivity contribution in [2.45, 2.75) is 30.7 Å². The van der Waals surface area contributed by atoms with Crippen molar-refractivity contribution in [1.82, 2.24) is 4.31 Å². The van der Waals surface area contributed by atoms with Crippen LogP contribution in [0.5, 0.6) is 5.75 Å². The van der Waals surface area contributed by atoms with Crippen molar-refractivity contribution in [1.29, 1.82) is 0 Å². The fourth-order valence-electron chi connectivity index (χ4n) is 4.44. The second kappa shape index (κ2) is 12.2. The zero-order chi connectivity index (χ0) is 28.9. The average molecular weight is 572 g/mol. The number of fused-ring (bicyclic) bond motifs is 1. The van der Waals surface area contributed by atoms with E-state index in [1.165, 1.54) is 22.5 Å². The van der Waals surface area contributed by atoms with E-state index in [2.05, 4.69) is 5.32 Å². The number of carbonyl (C=O) groups excluding carboxylic acids is 2. The average Bonchev–Trinajstić information content (AvgIpc) is 2.93. The van der Waals surface area contributed by atoms with Crippen LogP contribution in [-0.4, -0.2) is 49.3 Å². The van der Waals surface area contributed by atoms with Crippen LogP contribution in [0.25, 0.3) is 0 Å². The van der Waals surface area contributed by atoms with Gasteiger partial charge in [0.05, 0.1) is 35.0 Å². The summed E-state index contributed by atoms with van der Waals surface area (Å²) in [5, 5.41) is 13.8. The number of anilines is 1. The SMILES string of the molecule is CCOc1ccc(NC(=O)COC(=O)C[C@H]2c3ccccc3CCN2S(=O)(=O)c2ccc(F)cc2)c([N+](=O)[O-])c1. The van der Waals surface area contributed by atoms with E-state index in [9.17, 15) is 32.5 Å². The monoisotopic (exact) mass is 571 g/mol. The minimum absolute atomic E-state index is 0.0799. The van der Waals surface area contributed by atoms with Gasteiger partial charge in [-0.25, -0.2) is 12.8 Å². The number of hydrogen-bond donors (Lipinski definition) is 1. The highest BCUT2D eigenvalue weighted by Gasteiger charge is 2.38. The Morgan fingerprint density at radius 1 is 1.12 bits per heavy atom. The van der Waals surface area contributed by atoms with Crippen molar-refractivity contribution < 1.29 is 36.8 Å². The van der Waals surface area contributed by atoms with Crippen LogP contribution >= 0.6 is 0 Å². The van der Waals surface area contributed by atoms with E-state index in [1.54, 1.807) is 19.1 Å². The number of benzene rings is 3. The number of amides is 1.